The van der Waals surface area contributed by atoms with Crippen molar-refractivity contribution in [2.75, 3.05) is 20.2 Å². The van der Waals surface area contributed by atoms with Crippen molar-refractivity contribution in [1.82, 2.24) is 14.5 Å². The van der Waals surface area contributed by atoms with E-state index in [1.54, 1.807) is 12.3 Å². The number of fused-ring (bicyclic) bond motifs is 1. The molecule has 31 heavy (non-hydrogen) atoms. The Morgan fingerprint density at radius 2 is 2.10 bits per heavy atom. The van der Waals surface area contributed by atoms with Crippen LogP contribution in [0.15, 0.2) is 41.0 Å². The van der Waals surface area contributed by atoms with Gasteiger partial charge in [-0.3, -0.25) is 4.90 Å². The van der Waals surface area contributed by atoms with Gasteiger partial charge < -0.3 is 9.30 Å². The summed E-state index contributed by atoms with van der Waals surface area (Å²) in [6.07, 6.45) is 4.64. The second-order valence-corrected chi connectivity index (χ2v) is 8.80. The van der Waals surface area contributed by atoms with Crippen LogP contribution in [0.1, 0.15) is 46.6 Å². The molecule has 162 valence electrons. The van der Waals surface area contributed by atoms with Crippen molar-refractivity contribution in [3.63, 3.8) is 0 Å². The smallest absolute Gasteiger partial charge is 0.337 e. The number of methoxy groups -OCH3 is 1. The van der Waals surface area contributed by atoms with Crippen LogP contribution in [0.25, 0.3) is 16.6 Å². The highest BCUT2D eigenvalue weighted by Crippen LogP contribution is 2.34. The van der Waals surface area contributed by atoms with Gasteiger partial charge in [-0.25, -0.2) is 14.2 Å². The monoisotopic (exact) mass is 485 g/mol. The number of esters is 1. The van der Waals surface area contributed by atoms with Crippen molar-refractivity contribution in [2.45, 2.75) is 26.3 Å². The van der Waals surface area contributed by atoms with Crippen molar-refractivity contribution < 1.29 is 13.9 Å². The third-order valence-electron chi connectivity index (χ3n) is 6.16. The standard InChI is InChI=1S/C24H25BrFN3O2/c1-14-11-17(24(30)31-4)12-20(26)22(14)16-6-9-29(10-7-16)15(2)21-13-18-19(25)5-8-27-23(18)28(21)3/h5-6,8,11-13,15H,7,9-10H2,1-4H3/t15-/m0/s1. The van der Waals surface area contributed by atoms with Crippen molar-refractivity contribution in [1.29, 1.82) is 0 Å². The van der Waals surface area contributed by atoms with Crippen LogP contribution in [0.2, 0.25) is 0 Å². The van der Waals surface area contributed by atoms with Crippen LogP contribution < -0.4 is 0 Å². The zero-order valence-corrected chi connectivity index (χ0v) is 19.7. The molecule has 7 heteroatoms. The molecule has 0 unspecified atom stereocenters. The van der Waals surface area contributed by atoms with Gasteiger partial charge in [0, 0.05) is 53.5 Å². The number of halogens is 2. The Bertz CT molecular complexity index is 1180. The Morgan fingerprint density at radius 1 is 1.32 bits per heavy atom. The number of benzene rings is 1. The maximum Gasteiger partial charge on any atom is 0.337 e. The number of aryl methyl sites for hydroxylation is 2. The molecule has 3 heterocycles. The molecule has 1 aromatic carbocycles. The first-order chi connectivity index (χ1) is 14.8. The summed E-state index contributed by atoms with van der Waals surface area (Å²) in [4.78, 5) is 18.6. The topological polar surface area (TPSA) is 47.4 Å². The van der Waals surface area contributed by atoms with E-state index in [4.69, 9.17) is 4.74 Å². The van der Waals surface area contributed by atoms with E-state index in [0.717, 1.165) is 46.2 Å². The van der Waals surface area contributed by atoms with E-state index in [1.165, 1.54) is 18.9 Å². The van der Waals surface area contributed by atoms with Crippen LogP contribution in [0.4, 0.5) is 4.39 Å². The molecule has 0 N–H and O–H groups in total. The lowest BCUT2D eigenvalue weighted by atomic mass is 9.93. The van der Waals surface area contributed by atoms with E-state index >= 15 is 0 Å². The lowest BCUT2D eigenvalue weighted by molar-refractivity contribution is 0.0600. The minimum atomic E-state index is -0.526. The number of hydrogen-bond donors (Lipinski definition) is 0. The van der Waals surface area contributed by atoms with Crippen molar-refractivity contribution in [3.8, 4) is 0 Å². The molecule has 1 aliphatic heterocycles. The number of pyridine rings is 1. The molecular formula is C24H25BrFN3O2. The van der Waals surface area contributed by atoms with Gasteiger partial charge in [-0.1, -0.05) is 6.08 Å². The zero-order chi connectivity index (χ0) is 22.3. The molecule has 0 amide bonds. The Balaban J connectivity index is 1.58. The maximum atomic E-state index is 14.8. The first-order valence-electron chi connectivity index (χ1n) is 10.2. The number of carbonyl (C=O) groups is 1. The van der Waals surface area contributed by atoms with Crippen molar-refractivity contribution >= 4 is 38.5 Å². The van der Waals surface area contributed by atoms with E-state index in [0.29, 0.717) is 5.56 Å². The van der Waals surface area contributed by atoms with Gasteiger partial charge in [0.1, 0.15) is 11.5 Å². The Labute approximate surface area is 189 Å². The Morgan fingerprint density at radius 3 is 2.71 bits per heavy atom. The zero-order valence-electron chi connectivity index (χ0n) is 18.1. The minimum absolute atomic E-state index is 0.191. The van der Waals surface area contributed by atoms with Gasteiger partial charge >= 0.3 is 5.97 Å². The van der Waals surface area contributed by atoms with Crippen molar-refractivity contribution in [3.05, 3.63) is 69.2 Å². The number of nitrogens with zero attached hydrogens (tertiary/aromatic N) is 3. The number of carbonyl (C=O) groups excluding carboxylic acids is 1. The van der Waals surface area contributed by atoms with E-state index in [2.05, 4.69) is 49.4 Å². The molecule has 1 atom stereocenters. The molecule has 0 radical (unpaired) electrons. The predicted octanol–water partition coefficient (Wildman–Crippen LogP) is 5.42. The predicted molar refractivity (Wildman–Crippen MR) is 123 cm³/mol. The Kier molecular flexibility index (Phi) is 5.99. The lowest BCUT2D eigenvalue weighted by Gasteiger charge is -2.32. The van der Waals surface area contributed by atoms with Gasteiger partial charge in [-0.05, 0) is 71.6 Å². The molecule has 3 aromatic rings. The highest BCUT2D eigenvalue weighted by atomic mass is 79.9. The van der Waals surface area contributed by atoms with Gasteiger partial charge in [-0.2, -0.15) is 0 Å². The molecule has 0 bridgehead atoms. The summed E-state index contributed by atoms with van der Waals surface area (Å²) in [7, 11) is 3.34. The summed E-state index contributed by atoms with van der Waals surface area (Å²) in [6, 6.07) is 7.29. The number of hydrogen-bond acceptors (Lipinski definition) is 4. The van der Waals surface area contributed by atoms with E-state index in [9.17, 15) is 9.18 Å². The fourth-order valence-corrected chi connectivity index (χ4v) is 4.86. The van der Waals surface area contributed by atoms with Gasteiger partial charge in [0.05, 0.1) is 12.7 Å². The average molecular weight is 486 g/mol. The third-order valence-corrected chi connectivity index (χ3v) is 6.85. The molecule has 0 saturated carbocycles. The second-order valence-electron chi connectivity index (χ2n) is 7.95. The molecule has 2 aromatic heterocycles. The molecule has 4 rings (SSSR count). The fourth-order valence-electron chi connectivity index (χ4n) is 4.45. The molecule has 0 aliphatic carbocycles. The summed E-state index contributed by atoms with van der Waals surface area (Å²) in [5, 5.41) is 1.10. The number of ether oxygens (including phenoxy) is 1. The van der Waals surface area contributed by atoms with Gasteiger partial charge in [-0.15, -0.1) is 0 Å². The quantitative estimate of drug-likeness (QED) is 0.462. The summed E-state index contributed by atoms with van der Waals surface area (Å²) < 4.78 is 22.7. The molecule has 5 nitrogen and oxygen atoms in total. The molecule has 1 aliphatic rings. The van der Waals surface area contributed by atoms with Gasteiger partial charge in [0.25, 0.3) is 0 Å². The normalized spacial score (nSPS) is 15.7. The van der Waals surface area contributed by atoms with Gasteiger partial charge in [0.15, 0.2) is 0 Å². The summed E-state index contributed by atoms with van der Waals surface area (Å²) in [5.41, 5.74) is 4.71. The van der Waals surface area contributed by atoms with E-state index in [-0.39, 0.29) is 17.4 Å². The number of rotatable bonds is 4. The van der Waals surface area contributed by atoms with Crippen LogP contribution in [0.5, 0.6) is 0 Å². The first-order valence-corrected chi connectivity index (χ1v) is 11.0. The van der Waals surface area contributed by atoms with Gasteiger partial charge in [0.2, 0.25) is 0 Å². The van der Waals surface area contributed by atoms with Crippen LogP contribution in [-0.2, 0) is 11.8 Å². The first kappa shape index (κ1) is 21.7. The molecule has 0 saturated heterocycles. The molecule has 0 spiro atoms. The maximum absolute atomic E-state index is 14.8. The lowest BCUT2D eigenvalue weighted by Crippen LogP contribution is -2.32. The SMILES string of the molecule is COC(=O)c1cc(C)c(C2=CCN([C@@H](C)c3cc4c(Br)ccnc4n3C)CC2)c(F)c1. The fraction of sp³-hybridized carbons (Fsp3) is 0.333. The third kappa shape index (κ3) is 3.92. The van der Waals surface area contributed by atoms with Crippen LogP contribution in [-0.4, -0.2) is 40.6 Å². The van der Waals surface area contributed by atoms with E-state index < -0.39 is 5.97 Å². The average Bonchev–Trinajstić information content (AvgIpc) is 3.10. The Hall–Kier alpha value is -2.51. The molecule has 0 fully saturated rings. The summed E-state index contributed by atoms with van der Waals surface area (Å²) in [6.45, 7) is 5.57. The molecular weight excluding hydrogens is 461 g/mol. The highest BCUT2D eigenvalue weighted by molar-refractivity contribution is 9.10. The largest absolute Gasteiger partial charge is 0.465 e. The highest BCUT2D eigenvalue weighted by Gasteiger charge is 2.25. The summed E-state index contributed by atoms with van der Waals surface area (Å²) in [5.74, 6) is -0.903. The van der Waals surface area contributed by atoms with Crippen LogP contribution in [0.3, 0.4) is 0 Å². The summed E-state index contributed by atoms with van der Waals surface area (Å²) >= 11 is 3.61. The van der Waals surface area contributed by atoms with Crippen LogP contribution >= 0.6 is 15.9 Å². The number of aromatic nitrogens is 2. The van der Waals surface area contributed by atoms with E-state index in [1.807, 2.05) is 20.0 Å². The minimum Gasteiger partial charge on any atom is -0.465 e. The van der Waals surface area contributed by atoms with Crippen LogP contribution in [0, 0.1) is 12.7 Å². The second kappa shape index (κ2) is 8.55. The van der Waals surface area contributed by atoms with Crippen molar-refractivity contribution in [2.24, 2.45) is 7.05 Å².